The number of fused-ring (bicyclic) bond motifs is 4. The van der Waals surface area contributed by atoms with E-state index in [-0.39, 0.29) is 23.2 Å². The first-order chi connectivity index (χ1) is 18.7. The van der Waals surface area contributed by atoms with Gasteiger partial charge in [0.15, 0.2) is 5.82 Å². The van der Waals surface area contributed by atoms with Crippen molar-refractivity contribution in [3.8, 4) is 28.7 Å². The van der Waals surface area contributed by atoms with Crippen molar-refractivity contribution >= 4 is 10.9 Å². The molecule has 0 amide bonds. The van der Waals surface area contributed by atoms with Gasteiger partial charge in [0.05, 0.1) is 34.2 Å². The molecule has 2 aromatic carbocycles. The molecule has 2 heterocycles. The molecule has 0 fully saturated rings. The number of para-hydroxylation sites is 1. The van der Waals surface area contributed by atoms with E-state index in [9.17, 15) is 14.8 Å². The third-order valence-corrected chi connectivity index (χ3v) is 8.72. The third kappa shape index (κ3) is 3.73. The van der Waals surface area contributed by atoms with Crippen LogP contribution in [0.2, 0.25) is 0 Å². The van der Waals surface area contributed by atoms with Gasteiger partial charge in [-0.2, -0.15) is 5.26 Å². The van der Waals surface area contributed by atoms with Crippen molar-refractivity contribution in [2.45, 2.75) is 52.1 Å². The first-order valence-corrected chi connectivity index (χ1v) is 13.1. The topological polar surface area (TPSA) is 82.7 Å². The number of alkyl halides is 1. The van der Waals surface area contributed by atoms with E-state index in [0.29, 0.717) is 46.6 Å². The average molecular weight is 523 g/mol. The Labute approximate surface area is 225 Å². The number of benzene rings is 2. The zero-order chi connectivity index (χ0) is 27.5. The molecule has 0 bridgehead atoms. The molecule has 1 N–H and O–H groups in total. The van der Waals surface area contributed by atoms with Crippen LogP contribution in [0.3, 0.4) is 0 Å². The molecule has 4 aromatic rings. The van der Waals surface area contributed by atoms with Gasteiger partial charge in [0.1, 0.15) is 18.3 Å². The highest BCUT2D eigenvalue weighted by atomic mass is 19.1. The number of hydrogen-bond acceptors (Lipinski definition) is 5. The van der Waals surface area contributed by atoms with E-state index in [0.717, 1.165) is 23.1 Å². The van der Waals surface area contributed by atoms with Gasteiger partial charge in [-0.3, -0.25) is 0 Å². The monoisotopic (exact) mass is 522 g/mol. The Balaban J connectivity index is 1.70. The highest BCUT2D eigenvalue weighted by molar-refractivity contribution is 5.93. The summed E-state index contributed by atoms with van der Waals surface area (Å²) in [7, 11) is 0. The first kappa shape index (κ1) is 25.1. The predicted molar refractivity (Wildman–Crippen MR) is 146 cm³/mol. The minimum atomic E-state index is -0.744. The smallest absolute Gasteiger partial charge is 0.160 e. The number of hydrogen-bond donors (Lipinski definition) is 1. The number of rotatable bonds is 3. The summed E-state index contributed by atoms with van der Waals surface area (Å²) in [5.74, 6) is 0.0887. The predicted octanol–water partition coefficient (Wildman–Crippen LogP) is 7.55. The SMILES string of the molecule is CC1(C)C(O)=C(C#N)C[C@@]2(C)c3nc(-c4cc(CF)nc5ccccc45)nc(-c4ccccc4F)c3CC[C@H]12. The van der Waals surface area contributed by atoms with Crippen LogP contribution in [0.15, 0.2) is 65.9 Å². The Morgan fingerprint density at radius 1 is 1.03 bits per heavy atom. The number of halogens is 2. The number of pyridine rings is 1. The highest BCUT2D eigenvalue weighted by Crippen LogP contribution is 2.58. The zero-order valence-corrected chi connectivity index (χ0v) is 22.1. The number of aliphatic hydroxyl groups is 1. The van der Waals surface area contributed by atoms with Crippen LogP contribution in [0.5, 0.6) is 0 Å². The summed E-state index contributed by atoms with van der Waals surface area (Å²) >= 11 is 0. The Kier molecular flexibility index (Phi) is 5.76. The van der Waals surface area contributed by atoms with Crippen LogP contribution in [-0.2, 0) is 18.5 Å². The molecule has 0 radical (unpaired) electrons. The van der Waals surface area contributed by atoms with Crippen LogP contribution < -0.4 is 0 Å². The van der Waals surface area contributed by atoms with Crippen molar-refractivity contribution in [2.24, 2.45) is 11.3 Å². The van der Waals surface area contributed by atoms with E-state index in [1.807, 2.05) is 38.1 Å². The van der Waals surface area contributed by atoms with E-state index < -0.39 is 17.5 Å². The fourth-order valence-electron chi connectivity index (χ4n) is 6.91. The summed E-state index contributed by atoms with van der Waals surface area (Å²) in [5.41, 5.74) is 3.06. The molecule has 2 aromatic heterocycles. The van der Waals surface area contributed by atoms with Crippen molar-refractivity contribution in [1.82, 2.24) is 15.0 Å². The number of allylic oxidation sites excluding steroid dienone is 2. The van der Waals surface area contributed by atoms with Crippen molar-refractivity contribution < 1.29 is 13.9 Å². The standard InChI is InChI=1S/C32H28F2N4O/c1-31(2)26-13-12-22-27(21-9-4-6-10-24(21)34)37-30(38-28(22)32(26,3)15-18(17-35)29(31)39)23-14-19(16-33)36-25-11-7-5-8-20(23)25/h4-11,14,26,39H,12-13,15-16H2,1-3H3/t26-,32-/m1/s1. The fourth-order valence-corrected chi connectivity index (χ4v) is 6.91. The molecular weight excluding hydrogens is 494 g/mol. The number of nitrogens with zero attached hydrogens (tertiary/aromatic N) is 4. The van der Waals surface area contributed by atoms with Gasteiger partial charge >= 0.3 is 0 Å². The summed E-state index contributed by atoms with van der Waals surface area (Å²) < 4.78 is 29.2. The van der Waals surface area contributed by atoms with Gasteiger partial charge in [-0.15, -0.1) is 0 Å². The second-order valence-corrected chi connectivity index (χ2v) is 11.4. The van der Waals surface area contributed by atoms with E-state index in [1.165, 1.54) is 6.07 Å². The van der Waals surface area contributed by atoms with Crippen molar-refractivity contribution in [2.75, 3.05) is 0 Å². The number of nitriles is 1. The lowest BCUT2D eigenvalue weighted by Crippen LogP contribution is -2.49. The summed E-state index contributed by atoms with van der Waals surface area (Å²) in [6.45, 7) is 5.28. The highest BCUT2D eigenvalue weighted by Gasteiger charge is 2.55. The maximum atomic E-state index is 15.3. The lowest BCUT2D eigenvalue weighted by atomic mass is 9.51. The summed E-state index contributed by atoms with van der Waals surface area (Å²) in [6, 6.07) is 17.9. The Morgan fingerprint density at radius 2 is 1.77 bits per heavy atom. The molecule has 2 aliphatic carbocycles. The van der Waals surface area contributed by atoms with Crippen molar-refractivity contribution in [1.29, 1.82) is 5.26 Å². The van der Waals surface area contributed by atoms with Crippen LogP contribution in [0.25, 0.3) is 33.5 Å². The first-order valence-electron chi connectivity index (χ1n) is 13.1. The van der Waals surface area contributed by atoms with Crippen molar-refractivity contribution in [3.63, 3.8) is 0 Å². The minimum absolute atomic E-state index is 0.0126. The lowest BCUT2D eigenvalue weighted by molar-refractivity contribution is 0.0630. The van der Waals surface area contributed by atoms with Crippen LogP contribution in [-0.4, -0.2) is 20.1 Å². The minimum Gasteiger partial charge on any atom is -0.511 e. The van der Waals surface area contributed by atoms with Gasteiger partial charge < -0.3 is 5.11 Å². The Morgan fingerprint density at radius 3 is 2.51 bits per heavy atom. The quantitative estimate of drug-likeness (QED) is 0.300. The molecular formula is C32H28F2N4O. The lowest BCUT2D eigenvalue weighted by Gasteiger charge is -2.52. The number of aliphatic hydroxyl groups excluding tert-OH is 1. The molecule has 0 saturated carbocycles. The average Bonchev–Trinajstić information content (AvgIpc) is 2.94. The molecule has 0 aliphatic heterocycles. The van der Waals surface area contributed by atoms with E-state index in [4.69, 9.17) is 9.97 Å². The van der Waals surface area contributed by atoms with Gasteiger partial charge in [-0.25, -0.2) is 23.7 Å². The van der Waals surface area contributed by atoms with Crippen LogP contribution >= 0.6 is 0 Å². The second kappa shape index (κ2) is 8.94. The maximum absolute atomic E-state index is 15.3. The van der Waals surface area contributed by atoms with Crippen LogP contribution in [0, 0.1) is 28.5 Å². The van der Waals surface area contributed by atoms with Crippen LogP contribution in [0.1, 0.15) is 50.6 Å². The summed E-state index contributed by atoms with van der Waals surface area (Å²) in [4.78, 5) is 14.5. The molecule has 0 spiro atoms. The molecule has 6 rings (SSSR count). The van der Waals surface area contributed by atoms with E-state index in [1.54, 1.807) is 24.3 Å². The van der Waals surface area contributed by atoms with E-state index in [2.05, 4.69) is 18.0 Å². The van der Waals surface area contributed by atoms with Crippen molar-refractivity contribution in [3.05, 3.63) is 88.7 Å². The van der Waals surface area contributed by atoms with Gasteiger partial charge in [0, 0.05) is 32.9 Å². The third-order valence-electron chi connectivity index (χ3n) is 8.72. The van der Waals surface area contributed by atoms with Gasteiger partial charge in [0.2, 0.25) is 0 Å². The number of aromatic nitrogens is 3. The zero-order valence-electron chi connectivity index (χ0n) is 22.1. The maximum Gasteiger partial charge on any atom is 0.160 e. The van der Waals surface area contributed by atoms with Crippen LogP contribution in [0.4, 0.5) is 8.78 Å². The Bertz CT molecular complexity index is 1720. The molecule has 2 aliphatic rings. The van der Waals surface area contributed by atoms with Gasteiger partial charge in [-0.1, -0.05) is 51.1 Å². The van der Waals surface area contributed by atoms with Gasteiger partial charge in [0.25, 0.3) is 0 Å². The molecule has 0 saturated heterocycles. The normalized spacial score (nSPS) is 21.8. The van der Waals surface area contributed by atoms with E-state index >= 15 is 4.39 Å². The molecule has 7 heteroatoms. The Hall–Kier alpha value is -4.18. The molecule has 0 unspecified atom stereocenters. The molecule has 196 valence electrons. The molecule has 5 nitrogen and oxygen atoms in total. The fraction of sp³-hybridized carbons (Fsp3) is 0.312. The summed E-state index contributed by atoms with van der Waals surface area (Å²) in [6.07, 6.45) is 1.65. The summed E-state index contributed by atoms with van der Waals surface area (Å²) in [5, 5.41) is 21.7. The largest absolute Gasteiger partial charge is 0.511 e. The van der Waals surface area contributed by atoms with Gasteiger partial charge in [-0.05, 0) is 49.4 Å². The second-order valence-electron chi connectivity index (χ2n) is 11.4. The molecule has 39 heavy (non-hydrogen) atoms. The molecule has 2 atom stereocenters.